The molecule has 0 saturated carbocycles. The maximum atomic E-state index is 11.7. The van der Waals surface area contributed by atoms with Crippen LogP contribution in [0.4, 0.5) is 10.5 Å². The van der Waals surface area contributed by atoms with Crippen LogP contribution in [0.1, 0.15) is 11.3 Å². The quantitative estimate of drug-likeness (QED) is 0.906. The van der Waals surface area contributed by atoms with Crippen molar-refractivity contribution in [3.8, 4) is 0 Å². The van der Waals surface area contributed by atoms with Crippen LogP contribution in [0, 0.1) is 6.92 Å². The first-order valence-corrected chi connectivity index (χ1v) is 6.74. The number of aryl methyl sites for hydroxylation is 1. The van der Waals surface area contributed by atoms with E-state index < -0.39 is 0 Å². The number of rotatable bonds is 4. The molecule has 0 saturated heterocycles. The number of amides is 2. The Morgan fingerprint density at radius 3 is 2.85 bits per heavy atom. The molecular formula is C15H16ClN3O. The van der Waals surface area contributed by atoms with Crippen molar-refractivity contribution < 1.29 is 4.79 Å². The largest absolute Gasteiger partial charge is 0.337 e. The SMILES string of the molecule is Cc1ccc(NC(=O)NCCc2ccccn2)cc1Cl. The number of anilines is 1. The van der Waals surface area contributed by atoms with E-state index in [1.807, 2.05) is 37.3 Å². The van der Waals surface area contributed by atoms with Gasteiger partial charge >= 0.3 is 6.03 Å². The minimum atomic E-state index is -0.249. The third-order valence-corrected chi connectivity index (χ3v) is 3.23. The van der Waals surface area contributed by atoms with E-state index in [1.165, 1.54) is 0 Å². The van der Waals surface area contributed by atoms with E-state index in [-0.39, 0.29) is 6.03 Å². The summed E-state index contributed by atoms with van der Waals surface area (Å²) in [4.78, 5) is 15.9. The normalized spacial score (nSPS) is 10.1. The van der Waals surface area contributed by atoms with Gasteiger partial charge in [-0.25, -0.2) is 4.79 Å². The second-order valence-electron chi connectivity index (χ2n) is 4.42. The zero-order chi connectivity index (χ0) is 14.4. The maximum absolute atomic E-state index is 11.7. The number of pyridine rings is 1. The Morgan fingerprint density at radius 2 is 2.15 bits per heavy atom. The second-order valence-corrected chi connectivity index (χ2v) is 4.82. The van der Waals surface area contributed by atoms with E-state index in [9.17, 15) is 4.79 Å². The van der Waals surface area contributed by atoms with E-state index in [0.717, 1.165) is 11.3 Å². The first-order valence-electron chi connectivity index (χ1n) is 6.36. The highest BCUT2D eigenvalue weighted by Crippen LogP contribution is 2.19. The van der Waals surface area contributed by atoms with Crippen molar-refractivity contribution in [3.05, 3.63) is 58.9 Å². The molecule has 2 aromatic rings. The fourth-order valence-corrected chi connectivity index (χ4v) is 1.88. The molecule has 4 nitrogen and oxygen atoms in total. The van der Waals surface area contributed by atoms with Crippen molar-refractivity contribution in [2.75, 3.05) is 11.9 Å². The zero-order valence-electron chi connectivity index (χ0n) is 11.2. The first-order chi connectivity index (χ1) is 9.65. The molecule has 2 N–H and O–H groups in total. The number of benzene rings is 1. The lowest BCUT2D eigenvalue weighted by molar-refractivity contribution is 0.252. The van der Waals surface area contributed by atoms with Gasteiger partial charge in [0.15, 0.2) is 0 Å². The fourth-order valence-electron chi connectivity index (χ4n) is 1.70. The number of aromatic nitrogens is 1. The van der Waals surface area contributed by atoms with Crippen molar-refractivity contribution in [2.24, 2.45) is 0 Å². The number of nitrogens with zero attached hydrogens (tertiary/aromatic N) is 1. The Hall–Kier alpha value is -2.07. The van der Waals surface area contributed by atoms with Crippen LogP contribution in [0.3, 0.4) is 0 Å². The molecule has 0 bridgehead atoms. The highest BCUT2D eigenvalue weighted by molar-refractivity contribution is 6.31. The molecule has 0 spiro atoms. The Bertz CT molecular complexity index is 587. The number of nitrogens with one attached hydrogen (secondary N) is 2. The van der Waals surface area contributed by atoms with Gasteiger partial charge in [0.25, 0.3) is 0 Å². The molecule has 5 heteroatoms. The predicted molar refractivity (Wildman–Crippen MR) is 81.2 cm³/mol. The van der Waals surface area contributed by atoms with Crippen molar-refractivity contribution >= 4 is 23.3 Å². The minimum absolute atomic E-state index is 0.249. The summed E-state index contributed by atoms with van der Waals surface area (Å²) >= 11 is 6.00. The van der Waals surface area contributed by atoms with Crippen LogP contribution in [0.25, 0.3) is 0 Å². The molecule has 104 valence electrons. The lowest BCUT2D eigenvalue weighted by Crippen LogP contribution is -2.30. The fraction of sp³-hybridized carbons (Fsp3) is 0.200. The van der Waals surface area contributed by atoms with Crippen LogP contribution in [0.2, 0.25) is 5.02 Å². The second kappa shape index (κ2) is 6.91. The molecule has 0 aliphatic rings. The molecule has 2 rings (SSSR count). The Morgan fingerprint density at radius 1 is 1.30 bits per heavy atom. The van der Waals surface area contributed by atoms with Gasteiger partial charge in [0.2, 0.25) is 0 Å². The molecule has 0 unspecified atom stereocenters. The molecule has 1 aromatic heterocycles. The van der Waals surface area contributed by atoms with Gasteiger partial charge in [-0.1, -0.05) is 23.7 Å². The van der Waals surface area contributed by atoms with Crippen molar-refractivity contribution in [2.45, 2.75) is 13.3 Å². The molecule has 0 atom stereocenters. The zero-order valence-corrected chi connectivity index (χ0v) is 11.9. The summed E-state index contributed by atoms with van der Waals surface area (Å²) in [7, 11) is 0. The minimum Gasteiger partial charge on any atom is -0.337 e. The van der Waals surface area contributed by atoms with Crippen LogP contribution in [-0.2, 0) is 6.42 Å². The smallest absolute Gasteiger partial charge is 0.319 e. The molecule has 1 heterocycles. The van der Waals surface area contributed by atoms with E-state index in [4.69, 9.17) is 11.6 Å². The number of carbonyl (C=O) groups is 1. The lowest BCUT2D eigenvalue weighted by Gasteiger charge is -2.08. The van der Waals surface area contributed by atoms with Crippen LogP contribution in [0.5, 0.6) is 0 Å². The summed E-state index contributed by atoms with van der Waals surface area (Å²) < 4.78 is 0. The summed E-state index contributed by atoms with van der Waals surface area (Å²) in [6.07, 6.45) is 2.44. The maximum Gasteiger partial charge on any atom is 0.319 e. The Labute approximate surface area is 123 Å². The van der Waals surface area contributed by atoms with Gasteiger partial charge in [0.1, 0.15) is 0 Å². The highest BCUT2D eigenvalue weighted by Gasteiger charge is 2.03. The van der Waals surface area contributed by atoms with Gasteiger partial charge in [0.05, 0.1) is 0 Å². The Kier molecular flexibility index (Phi) is 4.96. The molecule has 2 amide bonds. The molecule has 0 fully saturated rings. The molecule has 0 aliphatic heterocycles. The Balaban J connectivity index is 1.79. The van der Waals surface area contributed by atoms with Gasteiger partial charge < -0.3 is 10.6 Å². The molecule has 0 radical (unpaired) electrons. The summed E-state index contributed by atoms with van der Waals surface area (Å²) in [5.74, 6) is 0. The lowest BCUT2D eigenvalue weighted by atomic mass is 10.2. The first kappa shape index (κ1) is 14.3. The van der Waals surface area contributed by atoms with Crippen molar-refractivity contribution in [1.29, 1.82) is 0 Å². The summed E-state index contributed by atoms with van der Waals surface area (Å²) in [6.45, 7) is 2.45. The number of halogens is 1. The van der Waals surface area contributed by atoms with Crippen molar-refractivity contribution in [1.82, 2.24) is 10.3 Å². The van der Waals surface area contributed by atoms with Crippen LogP contribution < -0.4 is 10.6 Å². The number of hydrogen-bond acceptors (Lipinski definition) is 2. The third kappa shape index (κ3) is 4.24. The average Bonchev–Trinajstić information content (AvgIpc) is 2.44. The topological polar surface area (TPSA) is 54.0 Å². The van der Waals surface area contributed by atoms with E-state index >= 15 is 0 Å². The van der Waals surface area contributed by atoms with Gasteiger partial charge in [-0.2, -0.15) is 0 Å². The summed E-state index contributed by atoms with van der Waals surface area (Å²) in [5.41, 5.74) is 2.61. The predicted octanol–water partition coefficient (Wildman–Crippen LogP) is 3.41. The van der Waals surface area contributed by atoms with Gasteiger partial charge in [-0.15, -0.1) is 0 Å². The molecule has 0 aliphatic carbocycles. The number of hydrogen-bond donors (Lipinski definition) is 2. The van der Waals surface area contributed by atoms with Crippen LogP contribution >= 0.6 is 11.6 Å². The molecular weight excluding hydrogens is 274 g/mol. The standard InChI is InChI=1S/C15H16ClN3O/c1-11-5-6-13(10-14(11)16)19-15(20)18-9-7-12-4-2-3-8-17-12/h2-6,8,10H,7,9H2,1H3,(H2,18,19,20). The summed E-state index contributed by atoms with van der Waals surface area (Å²) in [5, 5.41) is 6.16. The van der Waals surface area contributed by atoms with Crippen LogP contribution in [-0.4, -0.2) is 17.6 Å². The number of urea groups is 1. The van der Waals surface area contributed by atoms with Crippen molar-refractivity contribution in [3.63, 3.8) is 0 Å². The van der Waals surface area contributed by atoms with Gasteiger partial charge in [-0.05, 0) is 36.8 Å². The van der Waals surface area contributed by atoms with Crippen LogP contribution in [0.15, 0.2) is 42.6 Å². The molecule has 20 heavy (non-hydrogen) atoms. The van der Waals surface area contributed by atoms with E-state index in [0.29, 0.717) is 23.7 Å². The monoisotopic (exact) mass is 289 g/mol. The van der Waals surface area contributed by atoms with Gasteiger partial charge in [0, 0.05) is 35.6 Å². The summed E-state index contributed by atoms with van der Waals surface area (Å²) in [6, 6.07) is 10.9. The highest BCUT2D eigenvalue weighted by atomic mass is 35.5. The molecule has 1 aromatic carbocycles. The van der Waals surface area contributed by atoms with E-state index in [1.54, 1.807) is 12.3 Å². The van der Waals surface area contributed by atoms with Gasteiger partial charge in [-0.3, -0.25) is 4.98 Å². The third-order valence-electron chi connectivity index (χ3n) is 2.82. The van der Waals surface area contributed by atoms with E-state index in [2.05, 4.69) is 15.6 Å². The average molecular weight is 290 g/mol. The number of carbonyl (C=O) groups excluding carboxylic acids is 1.